The summed E-state index contributed by atoms with van der Waals surface area (Å²) in [6.07, 6.45) is 0. The molecule has 0 spiro atoms. The van der Waals surface area contributed by atoms with Crippen molar-refractivity contribution in [1.82, 2.24) is 15.0 Å². The lowest BCUT2D eigenvalue weighted by molar-refractivity contribution is 0.668. The Morgan fingerprint density at radius 3 is 1.69 bits per heavy atom. The van der Waals surface area contributed by atoms with Gasteiger partial charge >= 0.3 is 0 Å². The van der Waals surface area contributed by atoms with Crippen LogP contribution in [0.25, 0.3) is 111 Å². The molecule has 0 aliphatic carbocycles. The highest BCUT2D eigenvalue weighted by atomic mass is 16.3. The number of hydrogen-bond donors (Lipinski definition) is 0. The zero-order chi connectivity index (χ0) is 34.2. The van der Waals surface area contributed by atoms with Crippen LogP contribution in [0.1, 0.15) is 0 Å². The fourth-order valence-corrected chi connectivity index (χ4v) is 7.62. The van der Waals surface area contributed by atoms with E-state index in [1.54, 1.807) is 0 Å². The summed E-state index contributed by atoms with van der Waals surface area (Å²) in [6.45, 7) is 0. The maximum Gasteiger partial charge on any atom is 0.164 e. The van der Waals surface area contributed by atoms with E-state index in [1.165, 1.54) is 0 Å². The van der Waals surface area contributed by atoms with Gasteiger partial charge < -0.3 is 8.83 Å². The van der Waals surface area contributed by atoms with Crippen molar-refractivity contribution in [2.24, 2.45) is 0 Å². The molecule has 5 heteroatoms. The standard InChI is InChI=1S/C47H27N3O2/c1-2-11-29-24-31(21-20-28(29)10-1)45-48-46(32-22-23-42-39(26-32)35-14-5-7-17-40(35)51-42)50-47(49-45)33-25-30-12-3-4-13-34(30)38(27-33)36-16-9-19-43-44(36)37-15-6-8-18-41(37)52-43/h1-27H. The molecule has 0 aliphatic rings. The van der Waals surface area contributed by atoms with Crippen molar-refractivity contribution in [3.05, 3.63) is 164 Å². The number of benzene rings is 8. The Kier molecular flexibility index (Phi) is 6.18. The van der Waals surface area contributed by atoms with Crippen molar-refractivity contribution in [1.29, 1.82) is 0 Å². The van der Waals surface area contributed by atoms with Crippen LogP contribution in [0.5, 0.6) is 0 Å². The average molecular weight is 666 g/mol. The van der Waals surface area contributed by atoms with Crippen molar-refractivity contribution in [2.75, 3.05) is 0 Å². The van der Waals surface area contributed by atoms with Crippen LogP contribution >= 0.6 is 0 Å². The van der Waals surface area contributed by atoms with Crippen molar-refractivity contribution >= 4 is 65.4 Å². The second kappa shape index (κ2) is 11.2. The van der Waals surface area contributed by atoms with E-state index in [1.807, 2.05) is 48.5 Å². The maximum atomic E-state index is 6.31. The second-order valence-corrected chi connectivity index (χ2v) is 13.2. The van der Waals surface area contributed by atoms with Crippen molar-refractivity contribution in [3.63, 3.8) is 0 Å². The molecule has 0 saturated carbocycles. The van der Waals surface area contributed by atoms with Gasteiger partial charge in [-0.1, -0.05) is 109 Å². The van der Waals surface area contributed by atoms with Crippen LogP contribution in [0.4, 0.5) is 0 Å². The molecule has 0 bridgehead atoms. The van der Waals surface area contributed by atoms with E-state index < -0.39 is 0 Å². The summed E-state index contributed by atoms with van der Waals surface area (Å²) < 4.78 is 12.5. The minimum absolute atomic E-state index is 0.595. The Bertz CT molecular complexity index is 3210. The first-order chi connectivity index (χ1) is 25.7. The van der Waals surface area contributed by atoms with E-state index in [4.69, 9.17) is 23.8 Å². The van der Waals surface area contributed by atoms with E-state index in [0.29, 0.717) is 17.5 Å². The molecule has 5 nitrogen and oxygen atoms in total. The van der Waals surface area contributed by atoms with Crippen molar-refractivity contribution < 1.29 is 8.83 Å². The zero-order valence-electron chi connectivity index (χ0n) is 27.7. The summed E-state index contributed by atoms with van der Waals surface area (Å²) in [7, 11) is 0. The van der Waals surface area contributed by atoms with Gasteiger partial charge in [0, 0.05) is 38.2 Å². The predicted octanol–water partition coefficient (Wildman–Crippen LogP) is 12.6. The summed E-state index contributed by atoms with van der Waals surface area (Å²) in [4.78, 5) is 15.5. The maximum absolute atomic E-state index is 6.31. The third-order valence-corrected chi connectivity index (χ3v) is 10.1. The predicted molar refractivity (Wildman–Crippen MR) is 211 cm³/mol. The van der Waals surface area contributed by atoms with E-state index in [-0.39, 0.29) is 0 Å². The third kappa shape index (κ3) is 4.53. The molecule has 0 amide bonds. The van der Waals surface area contributed by atoms with E-state index >= 15 is 0 Å². The van der Waals surface area contributed by atoms with Gasteiger partial charge in [-0.15, -0.1) is 0 Å². The van der Waals surface area contributed by atoms with Gasteiger partial charge in [0.15, 0.2) is 17.5 Å². The quantitative estimate of drug-likeness (QED) is 0.187. The lowest BCUT2D eigenvalue weighted by Gasteiger charge is -2.13. The highest BCUT2D eigenvalue weighted by Gasteiger charge is 2.19. The molecule has 0 radical (unpaired) electrons. The van der Waals surface area contributed by atoms with Gasteiger partial charge in [0.1, 0.15) is 22.3 Å². The fourth-order valence-electron chi connectivity index (χ4n) is 7.62. The van der Waals surface area contributed by atoms with E-state index in [0.717, 1.165) is 93.2 Å². The molecular formula is C47H27N3O2. The molecule has 242 valence electrons. The minimum atomic E-state index is 0.595. The Labute approximate surface area is 297 Å². The number of hydrogen-bond acceptors (Lipinski definition) is 5. The molecule has 0 aliphatic heterocycles. The molecule has 0 saturated heterocycles. The normalized spacial score (nSPS) is 11.8. The van der Waals surface area contributed by atoms with Gasteiger partial charge in [0.05, 0.1) is 0 Å². The molecule has 0 fully saturated rings. The molecule has 11 aromatic rings. The zero-order valence-corrected chi connectivity index (χ0v) is 27.7. The van der Waals surface area contributed by atoms with Crippen LogP contribution in [0.2, 0.25) is 0 Å². The van der Waals surface area contributed by atoms with Crippen LogP contribution in [0.15, 0.2) is 173 Å². The Balaban J connectivity index is 1.17. The van der Waals surface area contributed by atoms with E-state index in [2.05, 4.69) is 115 Å². The van der Waals surface area contributed by atoms with Gasteiger partial charge in [-0.3, -0.25) is 0 Å². The van der Waals surface area contributed by atoms with Crippen LogP contribution in [-0.2, 0) is 0 Å². The molecule has 0 N–H and O–H groups in total. The van der Waals surface area contributed by atoms with Gasteiger partial charge in [0.2, 0.25) is 0 Å². The summed E-state index contributed by atoms with van der Waals surface area (Å²) in [5.41, 5.74) is 8.31. The van der Waals surface area contributed by atoms with Crippen LogP contribution in [-0.4, -0.2) is 15.0 Å². The molecule has 8 aromatic carbocycles. The van der Waals surface area contributed by atoms with Crippen molar-refractivity contribution in [3.8, 4) is 45.3 Å². The smallest absolute Gasteiger partial charge is 0.164 e. The molecule has 11 rings (SSSR count). The van der Waals surface area contributed by atoms with Gasteiger partial charge in [-0.25, -0.2) is 15.0 Å². The molecule has 0 atom stereocenters. The lowest BCUT2D eigenvalue weighted by Crippen LogP contribution is -2.00. The average Bonchev–Trinajstić information content (AvgIpc) is 3.78. The van der Waals surface area contributed by atoms with Crippen LogP contribution < -0.4 is 0 Å². The SMILES string of the molecule is c1ccc2cc(-c3nc(-c4cc(-c5cccc6oc7ccccc7c56)c5ccccc5c4)nc(-c4ccc5oc6ccccc6c5c4)n3)ccc2c1. The van der Waals surface area contributed by atoms with Gasteiger partial charge in [0.25, 0.3) is 0 Å². The van der Waals surface area contributed by atoms with Gasteiger partial charge in [-0.05, 0) is 87.3 Å². The number of furan rings is 2. The molecule has 0 unspecified atom stereocenters. The highest BCUT2D eigenvalue weighted by molar-refractivity contribution is 6.16. The molecule has 3 heterocycles. The highest BCUT2D eigenvalue weighted by Crippen LogP contribution is 2.41. The Morgan fingerprint density at radius 2 is 0.865 bits per heavy atom. The number of aromatic nitrogens is 3. The van der Waals surface area contributed by atoms with Crippen LogP contribution in [0, 0.1) is 0 Å². The number of nitrogens with zero attached hydrogens (tertiary/aromatic N) is 3. The second-order valence-electron chi connectivity index (χ2n) is 13.2. The van der Waals surface area contributed by atoms with E-state index in [9.17, 15) is 0 Å². The number of fused-ring (bicyclic) bond motifs is 8. The number of rotatable bonds is 4. The van der Waals surface area contributed by atoms with Crippen LogP contribution in [0.3, 0.4) is 0 Å². The minimum Gasteiger partial charge on any atom is -0.456 e. The number of para-hydroxylation sites is 2. The Morgan fingerprint density at radius 1 is 0.308 bits per heavy atom. The first-order valence-corrected chi connectivity index (χ1v) is 17.3. The van der Waals surface area contributed by atoms with Crippen molar-refractivity contribution in [2.45, 2.75) is 0 Å². The first-order valence-electron chi connectivity index (χ1n) is 17.3. The topological polar surface area (TPSA) is 65.0 Å². The summed E-state index contributed by atoms with van der Waals surface area (Å²) in [5, 5.41) is 8.80. The largest absolute Gasteiger partial charge is 0.456 e. The van der Waals surface area contributed by atoms with Gasteiger partial charge in [-0.2, -0.15) is 0 Å². The molecule has 52 heavy (non-hydrogen) atoms. The summed E-state index contributed by atoms with van der Waals surface area (Å²) in [6, 6.07) is 56.4. The first kappa shape index (κ1) is 28.7. The summed E-state index contributed by atoms with van der Waals surface area (Å²) in [5.74, 6) is 1.81. The Hall–Kier alpha value is -7.11. The lowest BCUT2D eigenvalue weighted by atomic mass is 9.92. The third-order valence-electron chi connectivity index (χ3n) is 10.1. The molecular weight excluding hydrogens is 639 g/mol. The molecule has 3 aromatic heterocycles. The fraction of sp³-hybridized carbons (Fsp3) is 0. The summed E-state index contributed by atoms with van der Waals surface area (Å²) >= 11 is 0. The monoisotopic (exact) mass is 665 g/mol.